The summed E-state index contributed by atoms with van der Waals surface area (Å²) in [6.07, 6.45) is 1.20. The second-order valence-electron chi connectivity index (χ2n) is 5.60. The second kappa shape index (κ2) is 5.31. The number of nitrogen functional groups attached to an aromatic ring is 1. The molecule has 0 bridgehead atoms. The van der Waals surface area contributed by atoms with E-state index in [0.29, 0.717) is 19.4 Å². The van der Waals surface area contributed by atoms with E-state index >= 15 is 0 Å². The van der Waals surface area contributed by atoms with Crippen molar-refractivity contribution in [3.05, 3.63) is 24.0 Å². The van der Waals surface area contributed by atoms with Crippen LogP contribution in [0.1, 0.15) is 26.7 Å². The Balaban J connectivity index is 2.16. The van der Waals surface area contributed by atoms with Crippen LogP contribution in [-0.2, 0) is 14.8 Å². The van der Waals surface area contributed by atoms with Crippen molar-refractivity contribution in [1.82, 2.24) is 4.72 Å². The van der Waals surface area contributed by atoms with Crippen molar-refractivity contribution < 1.29 is 17.5 Å². The van der Waals surface area contributed by atoms with Crippen molar-refractivity contribution in [2.24, 2.45) is 0 Å². The maximum atomic E-state index is 13.1. The van der Waals surface area contributed by atoms with Crippen LogP contribution in [-0.4, -0.2) is 26.7 Å². The first-order chi connectivity index (χ1) is 9.20. The van der Waals surface area contributed by atoms with Crippen LogP contribution in [0.2, 0.25) is 0 Å². The summed E-state index contributed by atoms with van der Waals surface area (Å²) in [5.41, 5.74) is 4.87. The molecule has 1 unspecified atom stereocenters. The lowest BCUT2D eigenvalue weighted by Gasteiger charge is -2.35. The first-order valence-corrected chi connectivity index (χ1v) is 7.89. The Hall–Kier alpha value is -1.18. The summed E-state index contributed by atoms with van der Waals surface area (Å²) in [7, 11) is -3.70. The Bertz CT molecular complexity index is 602. The van der Waals surface area contributed by atoms with Crippen LogP contribution in [0.4, 0.5) is 10.1 Å². The molecule has 1 saturated heterocycles. The normalized spacial score (nSPS) is 22.6. The van der Waals surface area contributed by atoms with Crippen molar-refractivity contribution in [2.75, 3.05) is 12.3 Å². The third kappa shape index (κ3) is 3.47. The molecule has 5 nitrogen and oxygen atoms in total. The van der Waals surface area contributed by atoms with Gasteiger partial charge in [-0.1, -0.05) is 0 Å². The minimum atomic E-state index is -3.70. The van der Waals surface area contributed by atoms with Gasteiger partial charge in [0.2, 0.25) is 10.0 Å². The molecule has 1 aliphatic rings. The van der Waals surface area contributed by atoms with Crippen LogP contribution < -0.4 is 10.5 Å². The van der Waals surface area contributed by atoms with Gasteiger partial charge in [0.05, 0.1) is 16.2 Å². The molecule has 0 radical (unpaired) electrons. The molecule has 3 N–H and O–H groups in total. The lowest BCUT2D eigenvalue weighted by molar-refractivity contribution is -0.0599. The smallest absolute Gasteiger partial charge is 0.240 e. The van der Waals surface area contributed by atoms with Gasteiger partial charge in [0.1, 0.15) is 5.82 Å². The van der Waals surface area contributed by atoms with Crippen molar-refractivity contribution in [1.29, 1.82) is 0 Å². The highest BCUT2D eigenvalue weighted by molar-refractivity contribution is 7.89. The number of sulfonamides is 1. The predicted octanol–water partition coefficient (Wildman–Crippen LogP) is 1.64. The largest absolute Gasteiger partial charge is 0.396 e. The van der Waals surface area contributed by atoms with Crippen LogP contribution in [0, 0.1) is 5.82 Å². The van der Waals surface area contributed by atoms with E-state index < -0.39 is 15.8 Å². The molecule has 0 saturated carbocycles. The van der Waals surface area contributed by atoms with Crippen molar-refractivity contribution in [2.45, 2.75) is 43.2 Å². The fourth-order valence-electron chi connectivity index (χ4n) is 2.31. The molecule has 2 rings (SSSR count). The number of ether oxygens (including phenoxy) is 1. The van der Waals surface area contributed by atoms with Gasteiger partial charge in [-0.05, 0) is 44.9 Å². The monoisotopic (exact) mass is 302 g/mol. The number of hydrogen-bond acceptors (Lipinski definition) is 4. The molecule has 7 heteroatoms. The minimum absolute atomic E-state index is 0.0271. The number of hydrogen-bond donors (Lipinski definition) is 2. The summed E-state index contributed by atoms with van der Waals surface area (Å²) in [5.74, 6) is -0.629. The fraction of sp³-hybridized carbons (Fsp3) is 0.538. The van der Waals surface area contributed by atoms with Gasteiger partial charge in [-0.3, -0.25) is 0 Å². The standard InChI is InChI=1S/C13H19FN2O3S/c1-13(2)8-9(5-6-19-13)16-20(17,18)10-3-4-11(14)12(15)7-10/h3-4,7,9,16H,5-6,8,15H2,1-2H3. The molecule has 1 aromatic rings. The first kappa shape index (κ1) is 15.2. The van der Waals surface area contributed by atoms with Crippen LogP contribution >= 0.6 is 0 Å². The third-order valence-corrected chi connectivity index (χ3v) is 4.81. The molecule has 0 amide bonds. The Morgan fingerprint density at radius 3 is 2.75 bits per heavy atom. The Morgan fingerprint density at radius 1 is 1.45 bits per heavy atom. The predicted molar refractivity (Wildman–Crippen MR) is 74.2 cm³/mol. The zero-order valence-corrected chi connectivity index (χ0v) is 12.3. The molecule has 0 aromatic heterocycles. The lowest BCUT2D eigenvalue weighted by Crippen LogP contribution is -2.45. The average molecular weight is 302 g/mol. The van der Waals surface area contributed by atoms with Gasteiger partial charge in [-0.15, -0.1) is 0 Å². The Labute approximate surface area is 118 Å². The molecular formula is C13H19FN2O3S. The van der Waals surface area contributed by atoms with E-state index in [1.165, 1.54) is 6.07 Å². The van der Waals surface area contributed by atoms with E-state index in [1.807, 2.05) is 13.8 Å². The van der Waals surface area contributed by atoms with Gasteiger partial charge in [-0.2, -0.15) is 0 Å². The SMILES string of the molecule is CC1(C)CC(NS(=O)(=O)c2ccc(F)c(N)c2)CCO1. The summed E-state index contributed by atoms with van der Waals surface area (Å²) in [5, 5.41) is 0. The quantitative estimate of drug-likeness (QED) is 0.832. The summed E-state index contributed by atoms with van der Waals surface area (Å²) in [6, 6.07) is 3.19. The number of anilines is 1. The van der Waals surface area contributed by atoms with E-state index in [0.717, 1.165) is 12.1 Å². The average Bonchev–Trinajstić information content (AvgIpc) is 2.30. The molecular weight excluding hydrogens is 283 g/mol. The highest BCUT2D eigenvalue weighted by atomic mass is 32.2. The summed E-state index contributed by atoms with van der Waals surface area (Å²) in [4.78, 5) is -0.0271. The number of nitrogens with one attached hydrogen (secondary N) is 1. The van der Waals surface area contributed by atoms with Crippen molar-refractivity contribution in [3.8, 4) is 0 Å². The van der Waals surface area contributed by atoms with E-state index in [4.69, 9.17) is 10.5 Å². The summed E-state index contributed by atoms with van der Waals surface area (Å²) < 4.78 is 45.8. The van der Waals surface area contributed by atoms with Gasteiger partial charge < -0.3 is 10.5 Å². The molecule has 20 heavy (non-hydrogen) atoms. The topological polar surface area (TPSA) is 81.4 Å². The van der Waals surface area contributed by atoms with E-state index in [2.05, 4.69) is 4.72 Å². The fourth-order valence-corrected chi connectivity index (χ4v) is 3.61. The van der Waals surface area contributed by atoms with Gasteiger partial charge in [0.25, 0.3) is 0 Å². The maximum Gasteiger partial charge on any atom is 0.240 e. The minimum Gasteiger partial charge on any atom is -0.396 e. The highest BCUT2D eigenvalue weighted by Gasteiger charge is 2.31. The van der Waals surface area contributed by atoms with E-state index in [9.17, 15) is 12.8 Å². The molecule has 1 aliphatic heterocycles. The summed E-state index contributed by atoms with van der Waals surface area (Å²) in [6.45, 7) is 4.35. The molecule has 1 fully saturated rings. The number of halogens is 1. The first-order valence-electron chi connectivity index (χ1n) is 6.41. The van der Waals surface area contributed by atoms with E-state index in [1.54, 1.807) is 0 Å². The van der Waals surface area contributed by atoms with Crippen molar-refractivity contribution >= 4 is 15.7 Å². The second-order valence-corrected chi connectivity index (χ2v) is 7.32. The number of benzene rings is 1. The van der Waals surface area contributed by atoms with Crippen molar-refractivity contribution in [3.63, 3.8) is 0 Å². The molecule has 1 atom stereocenters. The molecule has 0 aliphatic carbocycles. The highest BCUT2D eigenvalue weighted by Crippen LogP contribution is 2.25. The van der Waals surface area contributed by atoms with Crippen LogP contribution in [0.3, 0.4) is 0 Å². The Kier molecular flexibility index (Phi) is 4.04. The number of nitrogens with two attached hydrogens (primary N) is 1. The van der Waals surface area contributed by atoms with Gasteiger partial charge >= 0.3 is 0 Å². The Morgan fingerprint density at radius 2 is 2.15 bits per heavy atom. The zero-order chi connectivity index (χ0) is 15.0. The zero-order valence-electron chi connectivity index (χ0n) is 11.5. The molecule has 112 valence electrons. The summed E-state index contributed by atoms with van der Waals surface area (Å²) >= 11 is 0. The van der Waals surface area contributed by atoms with E-state index in [-0.39, 0.29) is 22.2 Å². The third-order valence-electron chi connectivity index (χ3n) is 3.30. The maximum absolute atomic E-state index is 13.1. The van der Waals surface area contributed by atoms with Crippen LogP contribution in [0.15, 0.2) is 23.1 Å². The van der Waals surface area contributed by atoms with Crippen LogP contribution in [0.25, 0.3) is 0 Å². The number of rotatable bonds is 3. The lowest BCUT2D eigenvalue weighted by atomic mass is 9.95. The molecule has 1 aromatic carbocycles. The molecule has 0 spiro atoms. The van der Waals surface area contributed by atoms with Gasteiger partial charge in [0.15, 0.2) is 0 Å². The molecule has 1 heterocycles. The van der Waals surface area contributed by atoms with Gasteiger partial charge in [-0.25, -0.2) is 17.5 Å². The van der Waals surface area contributed by atoms with Crippen LogP contribution in [0.5, 0.6) is 0 Å². The van der Waals surface area contributed by atoms with Gasteiger partial charge in [0, 0.05) is 12.6 Å².